The Hall–Kier alpha value is -1.91. The molecule has 1 aliphatic rings. The summed E-state index contributed by atoms with van der Waals surface area (Å²) in [6, 6.07) is 3.55. The zero-order chi connectivity index (χ0) is 15.8. The van der Waals surface area contributed by atoms with Crippen molar-refractivity contribution in [1.29, 1.82) is 0 Å². The highest BCUT2D eigenvalue weighted by Crippen LogP contribution is 2.19. The summed E-state index contributed by atoms with van der Waals surface area (Å²) in [4.78, 5) is 30.2. The minimum Gasteiger partial charge on any atom is -0.356 e. The molecule has 0 unspecified atom stereocenters. The number of likely N-dealkylation sites (tertiary alicyclic amines) is 1. The molecule has 1 aromatic heterocycles. The van der Waals surface area contributed by atoms with Gasteiger partial charge in [-0.25, -0.2) is 0 Å². The standard InChI is InChI=1S/C17H25N3O2/c1-2-3-4-10-19-16(21)14-7-11-20(12-8-14)17(22)15-6-5-9-18-13-15/h5-6,9,13-14H,2-4,7-8,10-12H2,1H3,(H,19,21). The molecule has 0 atom stereocenters. The number of amides is 2. The summed E-state index contributed by atoms with van der Waals surface area (Å²) < 4.78 is 0. The number of hydrogen-bond donors (Lipinski definition) is 1. The second-order valence-electron chi connectivity index (χ2n) is 5.81. The van der Waals surface area contributed by atoms with E-state index in [4.69, 9.17) is 0 Å². The van der Waals surface area contributed by atoms with Gasteiger partial charge in [0.2, 0.25) is 5.91 Å². The molecule has 5 heteroatoms. The molecular weight excluding hydrogens is 278 g/mol. The highest BCUT2D eigenvalue weighted by Gasteiger charge is 2.27. The number of nitrogens with one attached hydrogen (secondary N) is 1. The maximum atomic E-state index is 12.3. The average Bonchev–Trinajstić information content (AvgIpc) is 2.59. The lowest BCUT2D eigenvalue weighted by atomic mass is 9.95. The number of hydrogen-bond acceptors (Lipinski definition) is 3. The Bertz CT molecular complexity index is 482. The summed E-state index contributed by atoms with van der Waals surface area (Å²) >= 11 is 0. The normalized spacial score (nSPS) is 15.6. The van der Waals surface area contributed by atoms with Gasteiger partial charge < -0.3 is 10.2 Å². The monoisotopic (exact) mass is 303 g/mol. The molecule has 0 radical (unpaired) electrons. The highest BCUT2D eigenvalue weighted by molar-refractivity contribution is 5.94. The van der Waals surface area contributed by atoms with Crippen molar-refractivity contribution in [3.05, 3.63) is 30.1 Å². The van der Waals surface area contributed by atoms with Crippen LogP contribution in [-0.4, -0.2) is 41.3 Å². The number of pyridine rings is 1. The van der Waals surface area contributed by atoms with E-state index in [1.165, 1.54) is 0 Å². The van der Waals surface area contributed by atoms with E-state index >= 15 is 0 Å². The molecule has 5 nitrogen and oxygen atoms in total. The van der Waals surface area contributed by atoms with Gasteiger partial charge in [-0.1, -0.05) is 19.8 Å². The van der Waals surface area contributed by atoms with Crippen LogP contribution in [0.4, 0.5) is 0 Å². The lowest BCUT2D eigenvalue weighted by molar-refractivity contribution is -0.126. The van der Waals surface area contributed by atoms with Crippen LogP contribution < -0.4 is 5.32 Å². The first-order chi connectivity index (χ1) is 10.7. The van der Waals surface area contributed by atoms with Crippen molar-refractivity contribution in [2.75, 3.05) is 19.6 Å². The third-order valence-corrected chi connectivity index (χ3v) is 4.14. The zero-order valence-corrected chi connectivity index (χ0v) is 13.3. The van der Waals surface area contributed by atoms with Crippen LogP contribution in [0.25, 0.3) is 0 Å². The number of aromatic nitrogens is 1. The summed E-state index contributed by atoms with van der Waals surface area (Å²) in [5.41, 5.74) is 0.616. The van der Waals surface area contributed by atoms with Gasteiger partial charge in [-0.2, -0.15) is 0 Å². The summed E-state index contributed by atoms with van der Waals surface area (Å²) in [5.74, 6) is 0.194. The van der Waals surface area contributed by atoms with Gasteiger partial charge in [0.05, 0.1) is 5.56 Å². The molecule has 0 aromatic carbocycles. The first kappa shape index (κ1) is 16.5. The predicted octanol–water partition coefficient (Wildman–Crippen LogP) is 2.24. The third kappa shape index (κ3) is 4.55. The number of piperidine rings is 1. The van der Waals surface area contributed by atoms with E-state index in [9.17, 15) is 9.59 Å². The molecule has 2 rings (SSSR count). The number of nitrogens with zero attached hydrogens (tertiary/aromatic N) is 2. The van der Waals surface area contributed by atoms with E-state index in [0.717, 1.165) is 38.6 Å². The van der Waals surface area contributed by atoms with Crippen molar-refractivity contribution in [3.8, 4) is 0 Å². The summed E-state index contributed by atoms with van der Waals surface area (Å²) in [5, 5.41) is 3.01. The maximum Gasteiger partial charge on any atom is 0.255 e. The lowest BCUT2D eigenvalue weighted by Crippen LogP contribution is -2.43. The van der Waals surface area contributed by atoms with E-state index < -0.39 is 0 Å². The largest absolute Gasteiger partial charge is 0.356 e. The highest BCUT2D eigenvalue weighted by atomic mass is 16.2. The first-order valence-corrected chi connectivity index (χ1v) is 8.19. The molecule has 1 fully saturated rings. The summed E-state index contributed by atoms with van der Waals surface area (Å²) in [6.45, 7) is 4.19. The molecule has 1 aromatic rings. The topological polar surface area (TPSA) is 62.3 Å². The fourth-order valence-electron chi connectivity index (χ4n) is 2.75. The maximum absolute atomic E-state index is 12.3. The quantitative estimate of drug-likeness (QED) is 0.820. The lowest BCUT2D eigenvalue weighted by Gasteiger charge is -2.31. The van der Waals surface area contributed by atoms with Gasteiger partial charge in [0, 0.05) is 37.9 Å². The van der Waals surface area contributed by atoms with Crippen LogP contribution in [-0.2, 0) is 4.79 Å². The van der Waals surface area contributed by atoms with Crippen LogP contribution in [0.3, 0.4) is 0 Å². The molecule has 1 aliphatic heterocycles. The minimum atomic E-state index is 0.00917. The minimum absolute atomic E-state index is 0.00917. The van der Waals surface area contributed by atoms with Crippen molar-refractivity contribution < 1.29 is 9.59 Å². The Labute approximate surface area is 132 Å². The second-order valence-corrected chi connectivity index (χ2v) is 5.81. The van der Waals surface area contributed by atoms with Crippen molar-refractivity contribution in [1.82, 2.24) is 15.2 Å². The zero-order valence-electron chi connectivity index (χ0n) is 13.3. The molecule has 0 aliphatic carbocycles. The Kier molecular flexibility index (Phi) is 6.37. The molecule has 22 heavy (non-hydrogen) atoms. The molecule has 0 saturated carbocycles. The van der Waals surface area contributed by atoms with Crippen LogP contribution in [0, 0.1) is 5.92 Å². The molecule has 120 valence electrons. The van der Waals surface area contributed by atoms with E-state index in [2.05, 4.69) is 17.2 Å². The van der Waals surface area contributed by atoms with Gasteiger partial charge in [0.25, 0.3) is 5.91 Å². The van der Waals surface area contributed by atoms with Crippen molar-refractivity contribution in [2.24, 2.45) is 5.92 Å². The van der Waals surface area contributed by atoms with Crippen LogP contribution >= 0.6 is 0 Å². The Morgan fingerprint density at radius 2 is 2.09 bits per heavy atom. The number of carbonyl (C=O) groups excluding carboxylic acids is 2. The predicted molar refractivity (Wildman–Crippen MR) is 85.4 cm³/mol. The van der Waals surface area contributed by atoms with Gasteiger partial charge in [-0.3, -0.25) is 14.6 Å². The van der Waals surface area contributed by atoms with Crippen LogP contribution in [0.2, 0.25) is 0 Å². The molecule has 1 N–H and O–H groups in total. The average molecular weight is 303 g/mol. The van der Waals surface area contributed by atoms with Crippen LogP contribution in [0.5, 0.6) is 0 Å². The van der Waals surface area contributed by atoms with E-state index in [-0.39, 0.29) is 17.7 Å². The van der Waals surface area contributed by atoms with Gasteiger partial charge in [0.15, 0.2) is 0 Å². The summed E-state index contributed by atoms with van der Waals surface area (Å²) in [7, 11) is 0. The third-order valence-electron chi connectivity index (χ3n) is 4.14. The Morgan fingerprint density at radius 1 is 1.32 bits per heavy atom. The van der Waals surface area contributed by atoms with Gasteiger partial charge >= 0.3 is 0 Å². The number of unbranched alkanes of at least 4 members (excludes halogenated alkanes) is 2. The molecular formula is C17H25N3O2. The van der Waals surface area contributed by atoms with Crippen molar-refractivity contribution >= 4 is 11.8 Å². The van der Waals surface area contributed by atoms with E-state index in [1.807, 2.05) is 4.90 Å². The smallest absolute Gasteiger partial charge is 0.255 e. The molecule has 0 bridgehead atoms. The van der Waals surface area contributed by atoms with Gasteiger partial charge in [0.1, 0.15) is 0 Å². The van der Waals surface area contributed by atoms with Gasteiger partial charge in [-0.15, -0.1) is 0 Å². The SMILES string of the molecule is CCCCCNC(=O)C1CCN(C(=O)c2cccnc2)CC1. The van der Waals surface area contributed by atoms with E-state index in [0.29, 0.717) is 18.7 Å². The molecule has 0 spiro atoms. The molecule has 2 amide bonds. The molecule has 2 heterocycles. The van der Waals surface area contributed by atoms with Crippen molar-refractivity contribution in [3.63, 3.8) is 0 Å². The van der Waals surface area contributed by atoms with E-state index in [1.54, 1.807) is 24.5 Å². The molecule has 1 saturated heterocycles. The number of rotatable bonds is 6. The first-order valence-electron chi connectivity index (χ1n) is 8.19. The summed E-state index contributed by atoms with van der Waals surface area (Å²) in [6.07, 6.45) is 8.08. The Morgan fingerprint density at radius 3 is 2.73 bits per heavy atom. The van der Waals surface area contributed by atoms with Gasteiger partial charge in [-0.05, 0) is 31.4 Å². The van der Waals surface area contributed by atoms with Crippen LogP contribution in [0.1, 0.15) is 49.4 Å². The Balaban J connectivity index is 1.75. The second kappa shape index (κ2) is 8.51. The van der Waals surface area contributed by atoms with Crippen LogP contribution in [0.15, 0.2) is 24.5 Å². The van der Waals surface area contributed by atoms with Crippen molar-refractivity contribution in [2.45, 2.75) is 39.0 Å². The fourth-order valence-corrected chi connectivity index (χ4v) is 2.75. The fraction of sp³-hybridized carbons (Fsp3) is 0.588. The number of carbonyl (C=O) groups is 2.